The number of halogens is 3. The van der Waals surface area contributed by atoms with E-state index in [4.69, 9.17) is 4.74 Å². The molecule has 0 aliphatic rings. The number of benzene rings is 2. The Morgan fingerprint density at radius 1 is 1.19 bits per heavy atom. The molecule has 1 N–H and O–H groups in total. The summed E-state index contributed by atoms with van der Waals surface area (Å²) in [6, 6.07) is 8.17. The van der Waals surface area contributed by atoms with Gasteiger partial charge in [-0.3, -0.25) is 10.0 Å². The van der Waals surface area contributed by atoms with Gasteiger partial charge in [0, 0.05) is 5.56 Å². The van der Waals surface area contributed by atoms with E-state index in [1.807, 2.05) is 26.0 Å². The van der Waals surface area contributed by atoms with Gasteiger partial charge in [0.05, 0.1) is 11.3 Å². The predicted octanol–water partition coefficient (Wildman–Crippen LogP) is 5.58. The molecule has 0 aliphatic heterocycles. The van der Waals surface area contributed by atoms with E-state index in [1.165, 1.54) is 6.26 Å². The van der Waals surface area contributed by atoms with Gasteiger partial charge in [0.1, 0.15) is 12.4 Å². The predicted molar refractivity (Wildman–Crippen MR) is 94.9 cm³/mol. The van der Waals surface area contributed by atoms with Crippen LogP contribution in [0.5, 0.6) is 5.75 Å². The molecule has 0 spiro atoms. The molecule has 0 atom stereocenters. The van der Waals surface area contributed by atoms with E-state index in [0.29, 0.717) is 10.8 Å². The molecule has 0 radical (unpaired) electrons. The minimum Gasteiger partial charge on any atom is -0.489 e. The molecule has 1 amide bonds. The van der Waals surface area contributed by atoms with E-state index in [0.717, 1.165) is 41.1 Å². The number of hydroxylamine groups is 1. The lowest BCUT2D eigenvalue weighted by atomic mass is 10.1. The molecule has 26 heavy (non-hydrogen) atoms. The smallest absolute Gasteiger partial charge is 0.416 e. The maximum absolute atomic E-state index is 13.0. The summed E-state index contributed by atoms with van der Waals surface area (Å²) in [5.41, 5.74) is 0.971. The van der Waals surface area contributed by atoms with Gasteiger partial charge >= 0.3 is 11.4 Å². The Bertz CT molecular complexity index is 809. The van der Waals surface area contributed by atoms with Gasteiger partial charge in [0.2, 0.25) is 0 Å². The zero-order chi connectivity index (χ0) is 19.5. The topological polar surface area (TPSA) is 49.8 Å². The fourth-order valence-electron chi connectivity index (χ4n) is 2.39. The average Bonchev–Trinajstić information content (AvgIpc) is 2.58. The summed E-state index contributed by atoms with van der Waals surface area (Å²) in [6.07, 6.45) is -3.08. The van der Waals surface area contributed by atoms with Gasteiger partial charge in [-0.2, -0.15) is 18.2 Å². The standard InChI is InChI=1S/C18H18F3NO3S/c1-11-4-7-16(12(2)8-11)25-10-13-9-14(18(19,20)21)5-6-15(13)22(24)17(23)26-3/h4-9,24H,10H2,1-3H3. The summed E-state index contributed by atoms with van der Waals surface area (Å²) < 4.78 is 44.7. The van der Waals surface area contributed by atoms with Crippen LogP contribution in [0.25, 0.3) is 0 Å². The molecule has 0 fully saturated rings. The van der Waals surface area contributed by atoms with Crippen molar-refractivity contribution >= 4 is 22.7 Å². The molecule has 2 rings (SSSR count). The van der Waals surface area contributed by atoms with Crippen LogP contribution < -0.4 is 9.80 Å². The third-order valence-electron chi connectivity index (χ3n) is 3.70. The van der Waals surface area contributed by atoms with Crippen molar-refractivity contribution in [3.63, 3.8) is 0 Å². The number of nitrogens with zero attached hydrogens (tertiary/aromatic N) is 1. The van der Waals surface area contributed by atoms with E-state index in [1.54, 1.807) is 6.07 Å². The Morgan fingerprint density at radius 2 is 1.88 bits per heavy atom. The third kappa shape index (κ3) is 4.70. The third-order valence-corrected chi connectivity index (χ3v) is 4.22. The van der Waals surface area contributed by atoms with Crippen LogP contribution in [0.1, 0.15) is 22.3 Å². The second-order valence-corrected chi connectivity index (χ2v) is 6.44. The van der Waals surface area contributed by atoms with Gasteiger partial charge in [-0.25, -0.2) is 0 Å². The van der Waals surface area contributed by atoms with Gasteiger partial charge in [-0.1, -0.05) is 29.5 Å². The summed E-state index contributed by atoms with van der Waals surface area (Å²) in [5.74, 6) is 0.514. The maximum Gasteiger partial charge on any atom is 0.416 e. The van der Waals surface area contributed by atoms with Crippen LogP contribution in [0.4, 0.5) is 23.7 Å². The second-order valence-electron chi connectivity index (χ2n) is 5.68. The van der Waals surface area contributed by atoms with E-state index in [2.05, 4.69) is 0 Å². The average molecular weight is 385 g/mol. The molecule has 0 aliphatic carbocycles. The normalized spacial score (nSPS) is 11.3. The number of carbonyl (C=O) groups excluding carboxylic acids is 1. The van der Waals surface area contributed by atoms with Crippen LogP contribution >= 0.6 is 11.8 Å². The van der Waals surface area contributed by atoms with Gasteiger partial charge in [0.25, 0.3) is 0 Å². The van der Waals surface area contributed by atoms with Crippen molar-refractivity contribution in [3.05, 3.63) is 58.7 Å². The summed E-state index contributed by atoms with van der Waals surface area (Å²) >= 11 is 0.739. The first kappa shape index (κ1) is 20.1. The number of ether oxygens (including phenoxy) is 1. The van der Waals surface area contributed by atoms with Crippen LogP contribution in [0.3, 0.4) is 0 Å². The second kappa shape index (κ2) is 8.01. The number of rotatable bonds is 4. The zero-order valence-corrected chi connectivity index (χ0v) is 15.2. The number of aryl methyl sites for hydroxylation is 2. The molecule has 140 valence electrons. The van der Waals surface area contributed by atoms with E-state index >= 15 is 0 Å². The lowest BCUT2D eigenvalue weighted by molar-refractivity contribution is -0.137. The van der Waals surface area contributed by atoms with Crippen molar-refractivity contribution in [2.45, 2.75) is 26.6 Å². The van der Waals surface area contributed by atoms with E-state index < -0.39 is 17.0 Å². The van der Waals surface area contributed by atoms with Gasteiger partial charge < -0.3 is 4.74 Å². The molecular weight excluding hydrogens is 367 g/mol. The summed E-state index contributed by atoms with van der Waals surface area (Å²) in [6.45, 7) is 3.51. The van der Waals surface area contributed by atoms with Crippen LogP contribution in [-0.4, -0.2) is 16.7 Å². The first-order chi connectivity index (χ1) is 12.1. The van der Waals surface area contributed by atoms with Crippen LogP contribution in [-0.2, 0) is 12.8 Å². The Kier molecular flexibility index (Phi) is 6.20. The highest BCUT2D eigenvalue weighted by atomic mass is 32.2. The zero-order valence-electron chi connectivity index (χ0n) is 14.4. The molecule has 0 saturated heterocycles. The summed E-state index contributed by atoms with van der Waals surface area (Å²) in [4.78, 5) is 11.7. The lowest BCUT2D eigenvalue weighted by Gasteiger charge is -2.20. The van der Waals surface area contributed by atoms with Crippen LogP contribution in [0, 0.1) is 13.8 Å². The Balaban J connectivity index is 2.37. The summed E-state index contributed by atoms with van der Waals surface area (Å²) in [5, 5.41) is 9.59. The molecule has 0 saturated carbocycles. The maximum atomic E-state index is 13.0. The van der Waals surface area contributed by atoms with Crippen molar-refractivity contribution in [1.82, 2.24) is 0 Å². The highest BCUT2D eigenvalue weighted by molar-refractivity contribution is 8.13. The molecule has 0 unspecified atom stereocenters. The number of carbonyl (C=O) groups is 1. The number of anilines is 1. The molecule has 4 nitrogen and oxygen atoms in total. The minimum atomic E-state index is -4.54. The Labute approximate surface area is 153 Å². The highest BCUT2D eigenvalue weighted by Gasteiger charge is 2.32. The molecular formula is C18H18F3NO3S. The van der Waals surface area contributed by atoms with Crippen LogP contribution in [0.2, 0.25) is 0 Å². The molecule has 8 heteroatoms. The number of amides is 1. The van der Waals surface area contributed by atoms with E-state index in [9.17, 15) is 23.2 Å². The number of alkyl halides is 3. The van der Waals surface area contributed by atoms with Gasteiger partial charge in [-0.05, 0) is 49.9 Å². The molecule has 0 aromatic heterocycles. The Hall–Kier alpha value is -2.19. The minimum absolute atomic E-state index is 0.0460. The van der Waals surface area contributed by atoms with Crippen molar-refractivity contribution in [2.24, 2.45) is 0 Å². The largest absolute Gasteiger partial charge is 0.489 e. The number of thioether (sulfide) groups is 1. The summed E-state index contributed by atoms with van der Waals surface area (Å²) in [7, 11) is 0. The fourth-order valence-corrected chi connectivity index (χ4v) is 2.66. The Morgan fingerprint density at radius 3 is 2.46 bits per heavy atom. The molecule has 0 heterocycles. The van der Waals surface area contributed by atoms with Crippen molar-refractivity contribution in [1.29, 1.82) is 0 Å². The van der Waals surface area contributed by atoms with Crippen molar-refractivity contribution in [3.8, 4) is 5.75 Å². The fraction of sp³-hybridized carbons (Fsp3) is 0.278. The van der Waals surface area contributed by atoms with Crippen LogP contribution in [0.15, 0.2) is 36.4 Å². The molecule has 2 aromatic carbocycles. The van der Waals surface area contributed by atoms with Gasteiger partial charge in [-0.15, -0.1) is 0 Å². The van der Waals surface area contributed by atoms with Gasteiger partial charge in [0.15, 0.2) is 0 Å². The SMILES string of the molecule is CSC(=O)N(O)c1ccc(C(F)(F)F)cc1COc1ccc(C)cc1C. The monoisotopic (exact) mass is 385 g/mol. The molecule has 2 aromatic rings. The van der Waals surface area contributed by atoms with Crippen molar-refractivity contribution < 1.29 is 27.9 Å². The first-order valence-corrected chi connectivity index (χ1v) is 8.83. The van der Waals surface area contributed by atoms with Crippen molar-refractivity contribution in [2.75, 3.05) is 11.3 Å². The first-order valence-electron chi connectivity index (χ1n) is 7.60. The number of hydrogen-bond donors (Lipinski definition) is 1. The highest BCUT2D eigenvalue weighted by Crippen LogP contribution is 2.34. The lowest BCUT2D eigenvalue weighted by Crippen LogP contribution is -2.24. The molecule has 0 bridgehead atoms. The van der Waals surface area contributed by atoms with E-state index in [-0.39, 0.29) is 17.9 Å². The number of hydrogen-bond acceptors (Lipinski definition) is 4. The quantitative estimate of drug-likeness (QED) is 0.551.